The first-order valence-corrected chi connectivity index (χ1v) is 24.7. The van der Waals surface area contributed by atoms with Gasteiger partial charge < -0.3 is 51.2 Å². The van der Waals surface area contributed by atoms with Crippen molar-refractivity contribution in [1.29, 1.82) is 0 Å². The van der Waals surface area contributed by atoms with Crippen LogP contribution >= 0.6 is 23.5 Å². The summed E-state index contributed by atoms with van der Waals surface area (Å²) in [5.74, 6) is -2.81. The quantitative estimate of drug-likeness (QED) is 0.0341. The van der Waals surface area contributed by atoms with Crippen LogP contribution < -0.4 is 26.6 Å². The van der Waals surface area contributed by atoms with Crippen molar-refractivity contribution in [2.45, 2.75) is 122 Å². The van der Waals surface area contributed by atoms with Crippen molar-refractivity contribution in [3.63, 3.8) is 0 Å². The van der Waals surface area contributed by atoms with Crippen LogP contribution in [0.3, 0.4) is 0 Å². The summed E-state index contributed by atoms with van der Waals surface area (Å²) >= 11 is 3.06. The van der Waals surface area contributed by atoms with E-state index in [9.17, 15) is 43.5 Å². The van der Waals surface area contributed by atoms with Crippen molar-refractivity contribution in [1.82, 2.24) is 31.5 Å². The van der Waals surface area contributed by atoms with E-state index >= 15 is 0 Å². The fourth-order valence-corrected chi connectivity index (χ4v) is 7.09. The number of carbonyl (C=O) groups excluding carboxylic acids is 6. The molecule has 0 fully saturated rings. The Hall–Kier alpha value is -3.40. The van der Waals surface area contributed by atoms with Gasteiger partial charge >= 0.3 is 11.9 Å². The summed E-state index contributed by atoms with van der Waals surface area (Å²) in [5, 5.41) is 31.9. The minimum absolute atomic E-state index is 0.00369. The number of amides is 6. The number of aliphatic carboxylic acids is 2. The van der Waals surface area contributed by atoms with Crippen molar-refractivity contribution >= 4 is 81.1 Å². The van der Waals surface area contributed by atoms with Crippen LogP contribution in [0.15, 0.2) is 0 Å². The Kier molecular flexibility index (Phi) is 31.3. The minimum Gasteiger partial charge on any atom is -0.481 e. The summed E-state index contributed by atoms with van der Waals surface area (Å²) in [5.41, 5.74) is -1.03. The topological polar surface area (TPSA) is 259 Å². The number of thioether (sulfide) groups is 2. The molecule has 0 aliphatic carbocycles. The largest absolute Gasteiger partial charge is 0.481 e. The number of carboxylic acid groups (broad SMARTS) is 2. The first-order chi connectivity index (χ1) is 29.1. The maximum Gasteiger partial charge on any atom is 0.324 e. The van der Waals surface area contributed by atoms with Crippen LogP contribution in [0.1, 0.15) is 106 Å². The number of rotatable bonds is 37. The zero-order valence-corrected chi connectivity index (χ0v) is 42.0. The van der Waals surface area contributed by atoms with E-state index in [1.54, 1.807) is 18.7 Å². The Labute approximate surface area is 379 Å². The lowest BCUT2D eigenvalue weighted by Crippen LogP contribution is -2.58. The number of nitrogens with zero attached hydrogens (tertiary/aromatic N) is 1. The van der Waals surface area contributed by atoms with E-state index in [-0.39, 0.29) is 117 Å². The lowest BCUT2D eigenvalue weighted by molar-refractivity contribution is -0.146. The van der Waals surface area contributed by atoms with Gasteiger partial charge in [0, 0.05) is 87.2 Å². The molecule has 0 aliphatic heterocycles. The first-order valence-electron chi connectivity index (χ1n) is 21.6. The molecule has 0 aliphatic rings. The Balaban J connectivity index is 4.33. The van der Waals surface area contributed by atoms with Gasteiger partial charge in [0.25, 0.3) is 0 Å². The van der Waals surface area contributed by atoms with Crippen LogP contribution in [0.25, 0.3) is 0 Å². The third-order valence-electron chi connectivity index (χ3n) is 9.54. The summed E-state index contributed by atoms with van der Waals surface area (Å²) < 4.78 is 11.1. The summed E-state index contributed by atoms with van der Waals surface area (Å²) in [6.45, 7) is 16.3. The molecule has 21 heteroatoms. The van der Waals surface area contributed by atoms with E-state index in [1.165, 1.54) is 23.5 Å². The van der Waals surface area contributed by atoms with Gasteiger partial charge in [-0.15, -0.1) is 23.5 Å². The highest BCUT2D eigenvalue weighted by Crippen LogP contribution is 2.24. The molecule has 7 N–H and O–H groups in total. The van der Waals surface area contributed by atoms with Gasteiger partial charge in [-0.1, -0.05) is 48.5 Å². The van der Waals surface area contributed by atoms with Crippen LogP contribution in [0.5, 0.6) is 0 Å². The third-order valence-corrected chi connectivity index (χ3v) is 12.9. The number of hydrogen-bond donors (Lipinski definition) is 7. The molecule has 2 atom stereocenters. The van der Waals surface area contributed by atoms with Crippen molar-refractivity contribution < 1.29 is 58.0 Å². The van der Waals surface area contributed by atoms with Gasteiger partial charge in [0.15, 0.2) is 0 Å². The molecule has 0 aromatic heterocycles. The van der Waals surface area contributed by atoms with E-state index in [2.05, 4.69) is 26.6 Å². The monoisotopic (exact) mass is 936 g/mol. The smallest absolute Gasteiger partial charge is 0.324 e. The summed E-state index contributed by atoms with van der Waals surface area (Å²) in [4.78, 5) is 99.4. The van der Waals surface area contributed by atoms with Gasteiger partial charge in [-0.3, -0.25) is 38.4 Å². The number of nitrogens with one attached hydrogen (secondary N) is 5. The molecule has 62 heavy (non-hydrogen) atoms. The average Bonchev–Trinajstić information content (AvgIpc) is 3.19. The molecule has 2 unspecified atom stereocenters. The van der Waals surface area contributed by atoms with E-state index in [4.69, 9.17) is 14.6 Å². The van der Waals surface area contributed by atoms with Crippen molar-refractivity contribution in [3.8, 4) is 0 Å². The van der Waals surface area contributed by atoms with E-state index < -0.39 is 28.4 Å². The van der Waals surface area contributed by atoms with Gasteiger partial charge in [0.05, 0.1) is 31.3 Å². The van der Waals surface area contributed by atoms with E-state index in [0.717, 1.165) is 0 Å². The Morgan fingerprint density at radius 1 is 0.645 bits per heavy atom. The maximum atomic E-state index is 13.1. The number of unbranched alkanes of at least 4 members (excludes halogenated alkanes) is 1. The summed E-state index contributed by atoms with van der Waals surface area (Å²) in [6, 6.07) is 0. The summed E-state index contributed by atoms with van der Waals surface area (Å²) in [7, 11) is 0.143. The van der Waals surface area contributed by atoms with Gasteiger partial charge in [0.2, 0.25) is 35.4 Å². The van der Waals surface area contributed by atoms with Crippen molar-refractivity contribution in [3.05, 3.63) is 0 Å². The van der Waals surface area contributed by atoms with Gasteiger partial charge in [0.1, 0.15) is 5.16 Å². The molecule has 0 bridgehead atoms. The molecule has 0 radical (unpaired) electrons. The lowest BCUT2D eigenvalue weighted by atomic mass is 9.86. The molecule has 18 nitrogen and oxygen atoms in total. The fraction of sp³-hybridized carbons (Fsp3) is 0.805. The Bertz CT molecular complexity index is 1380. The maximum absolute atomic E-state index is 13.1. The van der Waals surface area contributed by atoms with E-state index in [1.807, 2.05) is 34.6 Å². The standard InChI is InChI=1S/C41H76N6O12S2Si/c1-29(2)60-27-34(50)43-18-20-47(21-19-44-35(51)28-61-30(3)4)36(52)11-10-32(48)45-26-31(5)13-22-58-24-25-59-23-14-33(49)42-17-9-8-15-41(62,39(56)57)46-38(55)40(6,7)16-12-37(53)54/h29-31H,8-28H2,1-7,62H3,(H,42,49)(H,43,50)(H,44,51)(H,45,48)(H,46,55)(H,53,54)(H,56,57). The second-order valence-corrected chi connectivity index (χ2v) is 21.5. The molecule has 0 aromatic rings. The molecular formula is C41H76N6O12S2Si. The number of carbonyl (C=O) groups is 8. The second-order valence-electron chi connectivity index (χ2n) is 16.6. The SMILES string of the molecule is CC(CCOCCOCCC(=O)NCCCCC([SiH3])(NC(=O)C(C)(C)CCC(=O)O)C(=O)O)CNC(=O)CCC(=O)N(CCNC(=O)CSC(C)C)CCNC(=O)CSC(C)C. The molecule has 0 saturated heterocycles. The van der Waals surface area contributed by atoms with Gasteiger partial charge in [-0.25, -0.2) is 0 Å². The highest BCUT2D eigenvalue weighted by molar-refractivity contribution is 8.00. The normalized spacial score (nSPS) is 12.9. The third kappa shape index (κ3) is 30.6. The van der Waals surface area contributed by atoms with Gasteiger partial charge in [-0.2, -0.15) is 0 Å². The molecule has 6 amide bonds. The Morgan fingerprint density at radius 2 is 1.18 bits per heavy atom. The molecule has 0 aromatic carbocycles. The van der Waals surface area contributed by atoms with Gasteiger partial charge in [-0.05, 0) is 48.5 Å². The van der Waals surface area contributed by atoms with Crippen LogP contribution in [0.2, 0.25) is 0 Å². The number of hydrogen-bond acceptors (Lipinski definition) is 12. The van der Waals surface area contributed by atoms with Crippen molar-refractivity contribution in [2.75, 3.05) is 77.2 Å². The van der Waals surface area contributed by atoms with E-state index in [0.29, 0.717) is 74.2 Å². The Morgan fingerprint density at radius 3 is 1.71 bits per heavy atom. The fourth-order valence-electron chi connectivity index (χ4n) is 5.33. The second kappa shape index (κ2) is 33.2. The molecule has 0 spiro atoms. The molecule has 0 saturated carbocycles. The number of ether oxygens (including phenoxy) is 2. The minimum atomic E-state index is -1.40. The molecule has 0 heterocycles. The molecule has 358 valence electrons. The van der Waals surface area contributed by atoms with Crippen molar-refractivity contribution in [2.24, 2.45) is 11.3 Å². The predicted octanol–water partition coefficient (Wildman–Crippen LogP) is 1.12. The highest BCUT2D eigenvalue weighted by Gasteiger charge is 2.38. The lowest BCUT2D eigenvalue weighted by Gasteiger charge is -2.32. The highest BCUT2D eigenvalue weighted by atomic mass is 32.2. The van der Waals surface area contributed by atoms with Crippen LogP contribution in [-0.4, -0.2) is 166 Å². The average molecular weight is 937 g/mol. The van der Waals surface area contributed by atoms with Crippen LogP contribution in [-0.2, 0) is 47.8 Å². The van der Waals surface area contributed by atoms with Crippen LogP contribution in [0, 0.1) is 11.3 Å². The molecule has 0 rings (SSSR count). The zero-order valence-electron chi connectivity index (χ0n) is 38.3. The predicted molar refractivity (Wildman–Crippen MR) is 246 cm³/mol. The molecular weight excluding hydrogens is 861 g/mol. The van der Waals surface area contributed by atoms with Crippen LogP contribution in [0.4, 0.5) is 0 Å². The zero-order chi connectivity index (χ0) is 47.1. The summed E-state index contributed by atoms with van der Waals surface area (Å²) in [6.07, 6.45) is 1.88. The number of carboxylic acids is 2. The first kappa shape index (κ1) is 58.6.